The van der Waals surface area contributed by atoms with Gasteiger partial charge in [0.2, 0.25) is 10.0 Å². The van der Waals surface area contributed by atoms with Gasteiger partial charge in [0.15, 0.2) is 0 Å². The predicted octanol–water partition coefficient (Wildman–Crippen LogP) is -0.0644. The molecule has 0 amide bonds. The van der Waals surface area contributed by atoms with Crippen molar-refractivity contribution < 1.29 is 8.42 Å². The van der Waals surface area contributed by atoms with Crippen LogP contribution in [-0.2, 0) is 15.8 Å². The van der Waals surface area contributed by atoms with E-state index in [0.717, 1.165) is 32.7 Å². The molecule has 0 unspecified atom stereocenters. The number of sulfonamides is 1. The Kier molecular flexibility index (Phi) is 5.58. The van der Waals surface area contributed by atoms with Gasteiger partial charge in [0, 0.05) is 45.0 Å². The second kappa shape index (κ2) is 7.22. The molecule has 1 aromatic rings. The Balaban J connectivity index is 1.76. The second-order valence-electron chi connectivity index (χ2n) is 5.54. The zero-order valence-electron chi connectivity index (χ0n) is 12.5. The van der Waals surface area contributed by atoms with Crippen LogP contribution in [0.5, 0.6) is 0 Å². The Morgan fingerprint density at radius 1 is 1.24 bits per heavy atom. The van der Waals surface area contributed by atoms with E-state index >= 15 is 0 Å². The first-order valence-corrected chi connectivity index (χ1v) is 8.82. The highest BCUT2D eigenvalue weighted by Crippen LogP contribution is 2.09. The maximum absolute atomic E-state index is 12.0. The summed E-state index contributed by atoms with van der Waals surface area (Å²) in [6.07, 6.45) is 0. The molecular formula is C14H24N4O2S. The number of nitrogen functional groups attached to an aromatic ring is 1. The lowest BCUT2D eigenvalue weighted by Crippen LogP contribution is -2.46. The maximum atomic E-state index is 12.0. The molecular weight excluding hydrogens is 288 g/mol. The van der Waals surface area contributed by atoms with Crippen LogP contribution >= 0.6 is 0 Å². The molecule has 1 aliphatic heterocycles. The van der Waals surface area contributed by atoms with E-state index in [2.05, 4.69) is 21.6 Å². The van der Waals surface area contributed by atoms with Crippen molar-refractivity contribution in [1.29, 1.82) is 0 Å². The number of hydrogen-bond donors (Lipinski definition) is 2. The average Bonchev–Trinajstić information content (AvgIpc) is 2.40. The number of benzene rings is 1. The van der Waals surface area contributed by atoms with Crippen LogP contribution in [0.2, 0.25) is 0 Å². The van der Waals surface area contributed by atoms with Gasteiger partial charge in [-0.3, -0.25) is 4.90 Å². The van der Waals surface area contributed by atoms with Crippen LogP contribution in [0.3, 0.4) is 0 Å². The van der Waals surface area contributed by atoms with E-state index in [9.17, 15) is 8.42 Å². The number of likely N-dealkylation sites (N-methyl/N-ethyl adjacent to an activating group) is 1. The fourth-order valence-electron chi connectivity index (χ4n) is 2.38. The van der Waals surface area contributed by atoms with E-state index < -0.39 is 10.0 Å². The zero-order chi connectivity index (χ0) is 15.3. The van der Waals surface area contributed by atoms with Crippen molar-refractivity contribution in [3.8, 4) is 0 Å². The van der Waals surface area contributed by atoms with Crippen LogP contribution < -0.4 is 10.5 Å². The average molecular weight is 312 g/mol. The smallest absolute Gasteiger partial charge is 0.215 e. The monoisotopic (exact) mass is 312 g/mol. The number of piperazine rings is 1. The summed E-state index contributed by atoms with van der Waals surface area (Å²) in [5, 5.41) is 0. The van der Waals surface area contributed by atoms with Gasteiger partial charge in [-0.05, 0) is 24.7 Å². The van der Waals surface area contributed by atoms with Gasteiger partial charge < -0.3 is 10.6 Å². The van der Waals surface area contributed by atoms with Gasteiger partial charge in [0.1, 0.15) is 0 Å². The normalized spacial score (nSPS) is 18.0. The first kappa shape index (κ1) is 16.2. The lowest BCUT2D eigenvalue weighted by Gasteiger charge is -2.32. The number of nitrogens with one attached hydrogen (secondary N) is 1. The Labute approximate surface area is 127 Å². The van der Waals surface area contributed by atoms with E-state index in [-0.39, 0.29) is 5.75 Å². The van der Waals surface area contributed by atoms with Crippen molar-refractivity contribution in [3.05, 3.63) is 29.8 Å². The molecule has 1 heterocycles. The highest BCUT2D eigenvalue weighted by Gasteiger charge is 2.15. The molecule has 0 saturated carbocycles. The van der Waals surface area contributed by atoms with Crippen LogP contribution in [0.25, 0.3) is 0 Å². The van der Waals surface area contributed by atoms with Crippen LogP contribution in [0.15, 0.2) is 24.3 Å². The molecule has 2 rings (SSSR count). The fraction of sp³-hybridized carbons (Fsp3) is 0.571. The van der Waals surface area contributed by atoms with Crippen LogP contribution in [0, 0.1) is 0 Å². The van der Waals surface area contributed by atoms with E-state index in [1.54, 1.807) is 24.3 Å². The standard InChI is InChI=1S/C14H24N4O2S/c1-17-7-9-18(10-8-17)6-5-16-21(19,20)12-13-3-2-4-14(15)11-13/h2-4,11,16H,5-10,12,15H2,1H3. The topological polar surface area (TPSA) is 78.7 Å². The van der Waals surface area contributed by atoms with Crippen molar-refractivity contribution in [3.63, 3.8) is 0 Å². The SMILES string of the molecule is CN1CCN(CCNS(=O)(=O)Cc2cccc(N)c2)CC1. The first-order valence-electron chi connectivity index (χ1n) is 7.17. The Morgan fingerprint density at radius 3 is 2.62 bits per heavy atom. The summed E-state index contributed by atoms with van der Waals surface area (Å²) in [4.78, 5) is 4.56. The molecule has 0 atom stereocenters. The van der Waals surface area contributed by atoms with Crippen molar-refractivity contribution in [1.82, 2.24) is 14.5 Å². The molecule has 0 radical (unpaired) electrons. The summed E-state index contributed by atoms with van der Waals surface area (Å²) in [6, 6.07) is 6.98. The summed E-state index contributed by atoms with van der Waals surface area (Å²) in [7, 11) is -1.20. The zero-order valence-corrected chi connectivity index (χ0v) is 13.3. The minimum atomic E-state index is -3.31. The van der Waals surface area contributed by atoms with Crippen LogP contribution in [0.1, 0.15) is 5.56 Å². The Morgan fingerprint density at radius 2 is 1.95 bits per heavy atom. The lowest BCUT2D eigenvalue weighted by molar-refractivity contribution is 0.156. The summed E-state index contributed by atoms with van der Waals surface area (Å²) in [6.45, 7) is 5.27. The summed E-state index contributed by atoms with van der Waals surface area (Å²) in [5.41, 5.74) is 6.95. The third-order valence-electron chi connectivity index (χ3n) is 3.65. The molecule has 1 aromatic carbocycles. The molecule has 21 heavy (non-hydrogen) atoms. The molecule has 0 bridgehead atoms. The molecule has 6 nitrogen and oxygen atoms in total. The van der Waals surface area contributed by atoms with Crippen molar-refractivity contribution in [2.45, 2.75) is 5.75 Å². The number of anilines is 1. The van der Waals surface area contributed by atoms with Gasteiger partial charge >= 0.3 is 0 Å². The van der Waals surface area contributed by atoms with E-state index in [1.165, 1.54) is 0 Å². The quantitative estimate of drug-likeness (QED) is 0.719. The van der Waals surface area contributed by atoms with Gasteiger partial charge in [-0.1, -0.05) is 12.1 Å². The maximum Gasteiger partial charge on any atom is 0.215 e. The third-order valence-corrected chi connectivity index (χ3v) is 5.01. The predicted molar refractivity (Wildman–Crippen MR) is 85.4 cm³/mol. The number of nitrogens with zero attached hydrogens (tertiary/aromatic N) is 2. The first-order chi connectivity index (χ1) is 9.94. The number of nitrogens with two attached hydrogens (primary N) is 1. The van der Waals surface area contributed by atoms with Gasteiger partial charge in [-0.25, -0.2) is 13.1 Å². The van der Waals surface area contributed by atoms with E-state index in [4.69, 9.17) is 5.73 Å². The van der Waals surface area contributed by atoms with Crippen molar-refractivity contribution in [2.75, 3.05) is 52.0 Å². The number of hydrogen-bond acceptors (Lipinski definition) is 5. The number of rotatable bonds is 6. The molecule has 0 spiro atoms. The highest BCUT2D eigenvalue weighted by molar-refractivity contribution is 7.88. The summed E-state index contributed by atoms with van der Waals surface area (Å²) in [5.74, 6) is -0.0270. The molecule has 0 aromatic heterocycles. The van der Waals surface area contributed by atoms with Crippen molar-refractivity contribution >= 4 is 15.7 Å². The molecule has 1 saturated heterocycles. The molecule has 1 fully saturated rings. The molecule has 0 aliphatic carbocycles. The van der Waals surface area contributed by atoms with Gasteiger partial charge in [-0.2, -0.15) is 0 Å². The van der Waals surface area contributed by atoms with Gasteiger partial charge in [-0.15, -0.1) is 0 Å². The largest absolute Gasteiger partial charge is 0.399 e. The van der Waals surface area contributed by atoms with Crippen LogP contribution in [-0.4, -0.2) is 64.5 Å². The van der Waals surface area contributed by atoms with E-state index in [1.807, 2.05) is 0 Å². The van der Waals surface area contributed by atoms with Crippen molar-refractivity contribution in [2.24, 2.45) is 0 Å². The minimum absolute atomic E-state index is 0.0270. The van der Waals surface area contributed by atoms with Gasteiger partial charge in [0.25, 0.3) is 0 Å². The third kappa shape index (κ3) is 5.62. The molecule has 118 valence electrons. The highest BCUT2D eigenvalue weighted by atomic mass is 32.2. The lowest BCUT2D eigenvalue weighted by atomic mass is 10.2. The molecule has 7 heteroatoms. The van der Waals surface area contributed by atoms with Gasteiger partial charge in [0.05, 0.1) is 5.75 Å². The second-order valence-corrected chi connectivity index (χ2v) is 7.35. The molecule has 1 aliphatic rings. The fourth-order valence-corrected chi connectivity index (χ4v) is 3.51. The Bertz CT molecular complexity index is 554. The van der Waals surface area contributed by atoms with E-state index in [0.29, 0.717) is 17.8 Å². The Hall–Kier alpha value is -1.15. The molecule has 3 N–H and O–H groups in total. The summed E-state index contributed by atoms with van der Waals surface area (Å²) >= 11 is 0. The van der Waals surface area contributed by atoms with Crippen LogP contribution in [0.4, 0.5) is 5.69 Å². The minimum Gasteiger partial charge on any atom is -0.399 e. The summed E-state index contributed by atoms with van der Waals surface area (Å²) < 4.78 is 26.7.